The summed E-state index contributed by atoms with van der Waals surface area (Å²) in [6.45, 7) is 6.87. The molecular formula is C16H26N2O. The second kappa shape index (κ2) is 5.53. The zero-order valence-corrected chi connectivity index (χ0v) is 12.4. The van der Waals surface area contributed by atoms with E-state index in [4.69, 9.17) is 5.26 Å². The molecule has 3 nitrogen and oxygen atoms in total. The Bertz CT molecular complexity index is 365. The summed E-state index contributed by atoms with van der Waals surface area (Å²) in [5.74, 6) is 1.39. The molecule has 106 valence electrons. The van der Waals surface area contributed by atoms with Gasteiger partial charge in [-0.2, -0.15) is 5.26 Å². The van der Waals surface area contributed by atoms with Gasteiger partial charge < -0.3 is 5.32 Å². The molecule has 1 unspecified atom stereocenters. The van der Waals surface area contributed by atoms with Gasteiger partial charge in [0.25, 0.3) is 0 Å². The van der Waals surface area contributed by atoms with Gasteiger partial charge in [-0.3, -0.25) is 4.79 Å². The molecule has 0 bridgehead atoms. The molecule has 2 aliphatic rings. The number of hydrogen-bond acceptors (Lipinski definition) is 2. The highest BCUT2D eigenvalue weighted by atomic mass is 16.1. The fourth-order valence-corrected chi connectivity index (χ4v) is 3.18. The van der Waals surface area contributed by atoms with Gasteiger partial charge in [0.05, 0.1) is 6.07 Å². The van der Waals surface area contributed by atoms with E-state index < -0.39 is 0 Å². The second-order valence-electron chi connectivity index (χ2n) is 7.37. The van der Waals surface area contributed by atoms with Crippen molar-refractivity contribution >= 4 is 5.91 Å². The maximum atomic E-state index is 12.2. The van der Waals surface area contributed by atoms with Crippen LogP contribution in [0.5, 0.6) is 0 Å². The number of nitriles is 1. The number of hydrogen-bond donors (Lipinski definition) is 1. The molecule has 1 amide bonds. The van der Waals surface area contributed by atoms with Crippen molar-refractivity contribution in [3.05, 3.63) is 0 Å². The van der Waals surface area contributed by atoms with Crippen LogP contribution >= 0.6 is 0 Å². The molecule has 0 radical (unpaired) electrons. The van der Waals surface area contributed by atoms with E-state index in [1.165, 1.54) is 0 Å². The van der Waals surface area contributed by atoms with Gasteiger partial charge in [-0.25, -0.2) is 0 Å². The molecular weight excluding hydrogens is 236 g/mol. The SMILES string of the molecule is CC(C)(C)C1CCC(C(=O)NC(C#N)C2CC2)CC1. The number of nitrogens with one attached hydrogen (secondary N) is 1. The quantitative estimate of drug-likeness (QED) is 0.848. The molecule has 19 heavy (non-hydrogen) atoms. The summed E-state index contributed by atoms with van der Waals surface area (Å²) >= 11 is 0. The van der Waals surface area contributed by atoms with Crippen molar-refractivity contribution < 1.29 is 4.79 Å². The van der Waals surface area contributed by atoms with E-state index in [2.05, 4.69) is 32.2 Å². The predicted octanol–water partition coefficient (Wildman–Crippen LogP) is 3.26. The van der Waals surface area contributed by atoms with Crippen LogP contribution in [0.25, 0.3) is 0 Å². The van der Waals surface area contributed by atoms with Gasteiger partial charge in [-0.15, -0.1) is 0 Å². The molecule has 2 fully saturated rings. The van der Waals surface area contributed by atoms with E-state index in [9.17, 15) is 4.79 Å². The van der Waals surface area contributed by atoms with E-state index >= 15 is 0 Å². The lowest BCUT2D eigenvalue weighted by atomic mass is 9.69. The van der Waals surface area contributed by atoms with Gasteiger partial charge in [0.2, 0.25) is 5.91 Å². The summed E-state index contributed by atoms with van der Waals surface area (Å²) in [6, 6.07) is 1.99. The number of amides is 1. The van der Waals surface area contributed by atoms with E-state index in [0.717, 1.165) is 44.4 Å². The van der Waals surface area contributed by atoms with Crippen molar-refractivity contribution in [1.82, 2.24) is 5.32 Å². The number of nitrogens with zero attached hydrogens (tertiary/aromatic N) is 1. The highest BCUT2D eigenvalue weighted by Crippen LogP contribution is 2.40. The first-order valence-corrected chi connectivity index (χ1v) is 7.62. The summed E-state index contributed by atoms with van der Waals surface area (Å²) in [5, 5.41) is 12.0. The first-order valence-electron chi connectivity index (χ1n) is 7.62. The Labute approximate surface area is 116 Å². The molecule has 0 saturated heterocycles. The normalized spacial score (nSPS) is 29.4. The molecule has 0 aromatic rings. The molecule has 0 spiro atoms. The Morgan fingerprint density at radius 3 is 2.16 bits per heavy atom. The van der Waals surface area contributed by atoms with Gasteiger partial charge in [0.1, 0.15) is 6.04 Å². The smallest absolute Gasteiger partial charge is 0.224 e. The summed E-state index contributed by atoms with van der Waals surface area (Å²) in [5.41, 5.74) is 0.352. The third kappa shape index (κ3) is 3.72. The minimum Gasteiger partial charge on any atom is -0.340 e. The van der Waals surface area contributed by atoms with E-state index in [0.29, 0.717) is 11.3 Å². The number of carbonyl (C=O) groups is 1. The Kier molecular flexibility index (Phi) is 4.18. The maximum Gasteiger partial charge on any atom is 0.224 e. The average molecular weight is 262 g/mol. The lowest BCUT2D eigenvalue weighted by molar-refractivity contribution is -0.127. The molecule has 0 aromatic heterocycles. The van der Waals surface area contributed by atoms with Gasteiger partial charge in [0, 0.05) is 5.92 Å². The minimum absolute atomic E-state index is 0.116. The van der Waals surface area contributed by atoms with Crippen LogP contribution in [0.3, 0.4) is 0 Å². The van der Waals surface area contributed by atoms with Crippen LogP contribution in [0.2, 0.25) is 0 Å². The predicted molar refractivity (Wildman–Crippen MR) is 75.2 cm³/mol. The summed E-state index contributed by atoms with van der Waals surface area (Å²) < 4.78 is 0. The summed E-state index contributed by atoms with van der Waals surface area (Å²) in [4.78, 5) is 12.2. The summed E-state index contributed by atoms with van der Waals surface area (Å²) in [6.07, 6.45) is 6.43. The molecule has 1 N–H and O–H groups in total. The van der Waals surface area contributed by atoms with Crippen molar-refractivity contribution in [2.45, 2.75) is 65.3 Å². The Morgan fingerprint density at radius 2 is 1.74 bits per heavy atom. The number of rotatable bonds is 3. The molecule has 2 saturated carbocycles. The zero-order chi connectivity index (χ0) is 14.0. The molecule has 3 heteroatoms. The molecule has 2 rings (SSSR count). The van der Waals surface area contributed by atoms with Crippen LogP contribution in [0.1, 0.15) is 59.3 Å². The van der Waals surface area contributed by atoms with E-state index in [1.54, 1.807) is 0 Å². The molecule has 2 aliphatic carbocycles. The van der Waals surface area contributed by atoms with Crippen LogP contribution in [0, 0.1) is 34.5 Å². The van der Waals surface area contributed by atoms with Crippen molar-refractivity contribution in [3.63, 3.8) is 0 Å². The standard InChI is InChI=1S/C16H26N2O/c1-16(2,3)13-8-6-12(7-9-13)15(19)18-14(10-17)11-4-5-11/h11-14H,4-9H2,1-3H3,(H,18,19). The van der Waals surface area contributed by atoms with Gasteiger partial charge in [-0.05, 0) is 55.8 Å². The number of carbonyl (C=O) groups excluding carboxylic acids is 1. The molecule has 0 aliphatic heterocycles. The maximum absolute atomic E-state index is 12.2. The second-order valence-corrected chi connectivity index (χ2v) is 7.37. The van der Waals surface area contributed by atoms with Crippen molar-refractivity contribution in [3.8, 4) is 6.07 Å². The lowest BCUT2D eigenvalue weighted by Crippen LogP contribution is -2.41. The van der Waals surface area contributed by atoms with Crippen LogP contribution in [-0.4, -0.2) is 11.9 Å². The fourth-order valence-electron chi connectivity index (χ4n) is 3.18. The van der Waals surface area contributed by atoms with E-state index in [1.807, 2.05) is 0 Å². The van der Waals surface area contributed by atoms with Gasteiger partial charge in [0.15, 0.2) is 0 Å². The highest BCUT2D eigenvalue weighted by Gasteiger charge is 2.36. The van der Waals surface area contributed by atoms with Crippen LogP contribution in [-0.2, 0) is 4.79 Å². The zero-order valence-electron chi connectivity index (χ0n) is 12.4. The molecule has 1 atom stereocenters. The Balaban J connectivity index is 1.81. The van der Waals surface area contributed by atoms with Crippen molar-refractivity contribution in [2.75, 3.05) is 0 Å². The molecule has 0 aromatic carbocycles. The lowest BCUT2D eigenvalue weighted by Gasteiger charge is -2.36. The monoisotopic (exact) mass is 262 g/mol. The Hall–Kier alpha value is -1.04. The third-order valence-corrected chi connectivity index (χ3v) is 4.85. The molecule has 0 heterocycles. The largest absolute Gasteiger partial charge is 0.340 e. The summed E-state index contributed by atoms with van der Waals surface area (Å²) in [7, 11) is 0. The van der Waals surface area contributed by atoms with E-state index in [-0.39, 0.29) is 17.9 Å². The van der Waals surface area contributed by atoms with Crippen molar-refractivity contribution in [1.29, 1.82) is 5.26 Å². The average Bonchev–Trinajstić information content (AvgIpc) is 3.19. The van der Waals surface area contributed by atoms with Crippen LogP contribution in [0.4, 0.5) is 0 Å². The first-order chi connectivity index (χ1) is 8.91. The first kappa shape index (κ1) is 14.4. The third-order valence-electron chi connectivity index (χ3n) is 4.85. The van der Waals surface area contributed by atoms with Crippen molar-refractivity contribution in [2.24, 2.45) is 23.2 Å². The topological polar surface area (TPSA) is 52.9 Å². The Morgan fingerprint density at radius 1 is 1.16 bits per heavy atom. The highest BCUT2D eigenvalue weighted by molar-refractivity contribution is 5.79. The fraction of sp³-hybridized carbons (Fsp3) is 0.875. The van der Waals surface area contributed by atoms with Crippen LogP contribution in [0.15, 0.2) is 0 Å². The van der Waals surface area contributed by atoms with Crippen LogP contribution < -0.4 is 5.32 Å². The minimum atomic E-state index is -0.243. The van der Waals surface area contributed by atoms with Gasteiger partial charge >= 0.3 is 0 Å². The van der Waals surface area contributed by atoms with Gasteiger partial charge in [-0.1, -0.05) is 20.8 Å².